The molecule has 0 radical (unpaired) electrons. The molecule has 0 aromatic rings. The molecular weight excluding hydrogens is 134 g/mol. The number of aliphatic hydroxyl groups is 1. The highest BCUT2D eigenvalue weighted by atomic mass is 32.2. The molecule has 3 N–H and O–H groups in total. The summed E-state index contributed by atoms with van der Waals surface area (Å²) in [6.07, 6.45) is 1.46. The van der Waals surface area contributed by atoms with Crippen LogP contribution in [0, 0.1) is 0 Å². The number of rotatable bonds is 5. The Morgan fingerprint density at radius 3 is 2.89 bits per heavy atom. The van der Waals surface area contributed by atoms with Crippen molar-refractivity contribution in [2.45, 2.75) is 6.10 Å². The molecule has 0 amide bonds. The van der Waals surface area contributed by atoms with Gasteiger partial charge in [0.05, 0.1) is 6.10 Å². The zero-order chi connectivity index (χ0) is 7.11. The second kappa shape index (κ2) is 6.13. The maximum Gasteiger partial charge on any atom is 0.0752 e. The van der Waals surface area contributed by atoms with E-state index in [-0.39, 0.29) is 6.10 Å². The van der Waals surface area contributed by atoms with Crippen LogP contribution in [-0.2, 0) is 0 Å². The van der Waals surface area contributed by atoms with E-state index in [0.29, 0.717) is 12.3 Å². The van der Waals surface area contributed by atoms with Crippen molar-refractivity contribution in [3.05, 3.63) is 12.7 Å². The summed E-state index contributed by atoms with van der Waals surface area (Å²) in [4.78, 5) is 0. The Hall–Kier alpha value is 0.01000. The Morgan fingerprint density at radius 2 is 2.44 bits per heavy atom. The van der Waals surface area contributed by atoms with Gasteiger partial charge in [0.25, 0.3) is 0 Å². The van der Waals surface area contributed by atoms with Crippen LogP contribution in [0.15, 0.2) is 12.7 Å². The molecule has 2 nitrogen and oxygen atoms in total. The van der Waals surface area contributed by atoms with Gasteiger partial charge in [-0.05, 0) is 0 Å². The molecule has 0 bridgehead atoms. The lowest BCUT2D eigenvalue weighted by Crippen LogP contribution is -2.21. The molecule has 1 unspecified atom stereocenters. The van der Waals surface area contributed by atoms with Crippen molar-refractivity contribution in [2.75, 3.05) is 18.1 Å². The summed E-state index contributed by atoms with van der Waals surface area (Å²) in [5.74, 6) is 1.60. The van der Waals surface area contributed by atoms with Gasteiger partial charge < -0.3 is 10.8 Å². The molecule has 0 saturated heterocycles. The van der Waals surface area contributed by atoms with E-state index in [0.717, 1.165) is 5.75 Å². The van der Waals surface area contributed by atoms with E-state index in [2.05, 4.69) is 6.58 Å². The van der Waals surface area contributed by atoms with Crippen molar-refractivity contribution < 1.29 is 5.11 Å². The van der Waals surface area contributed by atoms with Crippen LogP contribution in [-0.4, -0.2) is 29.3 Å². The van der Waals surface area contributed by atoms with E-state index in [1.54, 1.807) is 11.8 Å². The van der Waals surface area contributed by atoms with Gasteiger partial charge in [0.2, 0.25) is 0 Å². The number of thioether (sulfide) groups is 1. The van der Waals surface area contributed by atoms with Gasteiger partial charge >= 0.3 is 0 Å². The Labute approximate surface area is 60.1 Å². The Balaban J connectivity index is 2.96. The van der Waals surface area contributed by atoms with E-state index in [1.807, 2.05) is 6.08 Å². The van der Waals surface area contributed by atoms with Crippen LogP contribution in [0.5, 0.6) is 0 Å². The van der Waals surface area contributed by atoms with Crippen molar-refractivity contribution in [3.63, 3.8) is 0 Å². The molecule has 0 aliphatic heterocycles. The monoisotopic (exact) mass is 147 g/mol. The normalized spacial score (nSPS) is 13.1. The van der Waals surface area contributed by atoms with Gasteiger partial charge in [0.15, 0.2) is 0 Å². The molecule has 0 aromatic carbocycles. The molecule has 0 saturated carbocycles. The molecule has 9 heavy (non-hydrogen) atoms. The van der Waals surface area contributed by atoms with Crippen molar-refractivity contribution >= 4 is 11.8 Å². The minimum absolute atomic E-state index is 0.351. The highest BCUT2D eigenvalue weighted by Gasteiger charge is 1.97. The Bertz CT molecular complexity index is 77.5. The summed E-state index contributed by atoms with van der Waals surface area (Å²) < 4.78 is 0. The van der Waals surface area contributed by atoms with Gasteiger partial charge in [-0.25, -0.2) is 0 Å². The van der Waals surface area contributed by atoms with E-state index in [4.69, 9.17) is 10.8 Å². The summed E-state index contributed by atoms with van der Waals surface area (Å²) in [6, 6.07) is 0. The molecule has 54 valence electrons. The number of hydrogen-bond acceptors (Lipinski definition) is 3. The first-order valence-corrected chi connectivity index (χ1v) is 4.03. The maximum atomic E-state index is 8.90. The number of aliphatic hydroxyl groups excluding tert-OH is 1. The van der Waals surface area contributed by atoms with Crippen molar-refractivity contribution in [1.82, 2.24) is 0 Å². The van der Waals surface area contributed by atoms with Crippen LogP contribution < -0.4 is 5.73 Å². The third-order valence-corrected chi connectivity index (χ3v) is 1.91. The number of nitrogens with two attached hydrogens (primary N) is 1. The molecule has 0 heterocycles. The first-order chi connectivity index (χ1) is 4.31. The second-order valence-electron chi connectivity index (χ2n) is 1.72. The minimum atomic E-state index is -0.352. The first-order valence-electron chi connectivity index (χ1n) is 2.88. The van der Waals surface area contributed by atoms with E-state index < -0.39 is 0 Å². The summed E-state index contributed by atoms with van der Waals surface area (Å²) in [5, 5.41) is 8.90. The summed E-state index contributed by atoms with van der Waals surface area (Å²) in [7, 11) is 0. The molecule has 3 heteroatoms. The minimum Gasteiger partial charge on any atom is -0.391 e. The molecule has 1 atom stereocenters. The van der Waals surface area contributed by atoms with Gasteiger partial charge in [-0.2, -0.15) is 11.8 Å². The van der Waals surface area contributed by atoms with Crippen LogP contribution in [0.1, 0.15) is 0 Å². The topological polar surface area (TPSA) is 46.2 Å². The molecule has 0 aliphatic carbocycles. The van der Waals surface area contributed by atoms with Gasteiger partial charge in [-0.15, -0.1) is 6.58 Å². The predicted octanol–water partition coefficient (Wildman–Crippen LogP) is 0.225. The lowest BCUT2D eigenvalue weighted by molar-refractivity contribution is 0.208. The fourth-order valence-electron chi connectivity index (χ4n) is 0.355. The Morgan fingerprint density at radius 1 is 1.78 bits per heavy atom. The van der Waals surface area contributed by atoms with Crippen LogP contribution in [0.4, 0.5) is 0 Å². The van der Waals surface area contributed by atoms with E-state index >= 15 is 0 Å². The molecule has 0 aromatic heterocycles. The zero-order valence-corrected chi connectivity index (χ0v) is 6.23. The lowest BCUT2D eigenvalue weighted by atomic mass is 10.4. The quantitative estimate of drug-likeness (QED) is 0.432. The maximum absolute atomic E-state index is 8.90. The van der Waals surface area contributed by atoms with Gasteiger partial charge in [-0.1, -0.05) is 6.08 Å². The molecule has 0 fully saturated rings. The van der Waals surface area contributed by atoms with Gasteiger partial charge in [0, 0.05) is 18.1 Å². The highest BCUT2D eigenvalue weighted by molar-refractivity contribution is 7.99. The average molecular weight is 147 g/mol. The summed E-state index contributed by atoms with van der Waals surface area (Å²) >= 11 is 1.64. The van der Waals surface area contributed by atoms with Crippen LogP contribution >= 0.6 is 11.8 Å². The average Bonchev–Trinajstić information content (AvgIpc) is 1.89. The van der Waals surface area contributed by atoms with Crippen LogP contribution in [0.25, 0.3) is 0 Å². The Kier molecular flexibility index (Phi) is 6.14. The fraction of sp³-hybridized carbons (Fsp3) is 0.667. The molecular formula is C6H13NOS. The molecule has 0 aliphatic rings. The third kappa shape index (κ3) is 5.89. The zero-order valence-electron chi connectivity index (χ0n) is 5.42. The second-order valence-corrected chi connectivity index (χ2v) is 2.79. The largest absolute Gasteiger partial charge is 0.391 e. The van der Waals surface area contributed by atoms with E-state index in [9.17, 15) is 0 Å². The SMILES string of the molecule is C=CCSCC(O)CN. The fourth-order valence-corrected chi connectivity index (χ4v) is 1.07. The van der Waals surface area contributed by atoms with Crippen LogP contribution in [0.3, 0.4) is 0 Å². The molecule has 0 rings (SSSR count). The predicted molar refractivity (Wildman–Crippen MR) is 42.6 cm³/mol. The van der Waals surface area contributed by atoms with Gasteiger partial charge in [0.1, 0.15) is 0 Å². The van der Waals surface area contributed by atoms with Crippen LogP contribution in [0.2, 0.25) is 0 Å². The highest BCUT2D eigenvalue weighted by Crippen LogP contribution is 2.01. The van der Waals surface area contributed by atoms with Crippen molar-refractivity contribution in [3.8, 4) is 0 Å². The standard InChI is InChI=1S/C6H13NOS/c1-2-3-9-5-6(8)4-7/h2,6,8H,1,3-5,7H2. The van der Waals surface area contributed by atoms with Gasteiger partial charge in [-0.3, -0.25) is 0 Å². The van der Waals surface area contributed by atoms with Crippen molar-refractivity contribution in [2.24, 2.45) is 5.73 Å². The smallest absolute Gasteiger partial charge is 0.0752 e. The van der Waals surface area contributed by atoms with Crippen molar-refractivity contribution in [1.29, 1.82) is 0 Å². The third-order valence-electron chi connectivity index (χ3n) is 0.818. The number of hydrogen-bond donors (Lipinski definition) is 2. The molecule has 0 spiro atoms. The van der Waals surface area contributed by atoms with E-state index in [1.165, 1.54) is 0 Å². The summed E-state index contributed by atoms with van der Waals surface area (Å²) in [5.41, 5.74) is 5.17. The lowest BCUT2D eigenvalue weighted by Gasteiger charge is -2.03. The summed E-state index contributed by atoms with van der Waals surface area (Å²) in [6.45, 7) is 3.90. The first kappa shape index (κ1) is 9.01.